The minimum absolute atomic E-state index is 0.261. The molecule has 0 fully saturated rings. The van der Waals surface area contributed by atoms with Gasteiger partial charge >= 0.3 is 5.97 Å². The Morgan fingerprint density at radius 3 is 2.83 bits per heavy atom. The number of aromatic nitrogens is 7. The van der Waals surface area contributed by atoms with E-state index in [-0.39, 0.29) is 12.4 Å². The molecular formula is C14H19N7O2. The summed E-state index contributed by atoms with van der Waals surface area (Å²) in [7, 11) is 1.36. The van der Waals surface area contributed by atoms with Crippen LogP contribution in [0.4, 0.5) is 0 Å². The second-order valence-electron chi connectivity index (χ2n) is 4.42. The first-order valence-corrected chi connectivity index (χ1v) is 7.32. The van der Waals surface area contributed by atoms with E-state index in [0.29, 0.717) is 23.5 Å². The molecule has 0 unspecified atom stereocenters. The van der Waals surface area contributed by atoms with Gasteiger partial charge < -0.3 is 4.74 Å². The van der Waals surface area contributed by atoms with Crippen LogP contribution >= 0.6 is 0 Å². The molecule has 3 heterocycles. The zero-order valence-corrected chi connectivity index (χ0v) is 13.6. The Balaban J connectivity index is 0.000000924. The van der Waals surface area contributed by atoms with Crippen molar-refractivity contribution in [1.29, 1.82) is 0 Å². The number of esters is 1. The van der Waals surface area contributed by atoms with Gasteiger partial charge in [0.25, 0.3) is 0 Å². The zero-order valence-electron chi connectivity index (χ0n) is 13.6. The van der Waals surface area contributed by atoms with Crippen molar-refractivity contribution in [1.82, 2.24) is 34.7 Å². The molecule has 9 nitrogen and oxygen atoms in total. The second kappa shape index (κ2) is 7.43. The lowest BCUT2D eigenvalue weighted by molar-refractivity contribution is -0.140. The fraction of sp³-hybridized carbons (Fsp3) is 0.429. The maximum absolute atomic E-state index is 11.1. The topological polar surface area (TPSA) is 101 Å². The molecule has 3 aromatic heterocycles. The van der Waals surface area contributed by atoms with E-state index < -0.39 is 0 Å². The van der Waals surface area contributed by atoms with Gasteiger partial charge in [-0.15, -0.1) is 5.10 Å². The van der Waals surface area contributed by atoms with E-state index in [1.807, 2.05) is 13.8 Å². The van der Waals surface area contributed by atoms with E-state index in [1.54, 1.807) is 34.9 Å². The SMILES string of the molecule is CC.COC(=O)CCn1cc(-n2nnc3cnc(C)nc32)cn1. The monoisotopic (exact) mass is 317 g/mol. The summed E-state index contributed by atoms with van der Waals surface area (Å²) in [6, 6.07) is 0. The van der Waals surface area contributed by atoms with Crippen LogP contribution in [0.3, 0.4) is 0 Å². The summed E-state index contributed by atoms with van der Waals surface area (Å²) in [6.45, 7) is 6.24. The number of carbonyl (C=O) groups is 1. The number of nitrogens with zero attached hydrogens (tertiary/aromatic N) is 7. The van der Waals surface area contributed by atoms with Crippen LogP contribution in [-0.4, -0.2) is 47.8 Å². The van der Waals surface area contributed by atoms with Crippen LogP contribution in [0.5, 0.6) is 0 Å². The van der Waals surface area contributed by atoms with Gasteiger partial charge in [-0.1, -0.05) is 19.1 Å². The Hall–Kier alpha value is -2.84. The van der Waals surface area contributed by atoms with Gasteiger partial charge in [-0.05, 0) is 6.92 Å². The number of rotatable bonds is 4. The second-order valence-corrected chi connectivity index (χ2v) is 4.42. The number of carbonyl (C=O) groups excluding carboxylic acids is 1. The maximum Gasteiger partial charge on any atom is 0.307 e. The molecule has 0 bridgehead atoms. The summed E-state index contributed by atoms with van der Waals surface area (Å²) >= 11 is 0. The number of methoxy groups -OCH3 is 1. The molecule has 0 atom stereocenters. The Kier molecular flexibility index (Phi) is 5.34. The lowest BCUT2D eigenvalue weighted by atomic mass is 10.4. The molecule has 0 aliphatic heterocycles. The van der Waals surface area contributed by atoms with Crippen molar-refractivity contribution in [2.75, 3.05) is 7.11 Å². The highest BCUT2D eigenvalue weighted by Crippen LogP contribution is 2.13. The number of hydrogen-bond donors (Lipinski definition) is 0. The third-order valence-electron chi connectivity index (χ3n) is 2.95. The van der Waals surface area contributed by atoms with Crippen molar-refractivity contribution in [3.05, 3.63) is 24.4 Å². The molecule has 23 heavy (non-hydrogen) atoms. The smallest absolute Gasteiger partial charge is 0.307 e. The molecular weight excluding hydrogens is 298 g/mol. The van der Waals surface area contributed by atoms with Gasteiger partial charge in [-0.25, -0.2) is 9.97 Å². The average molecular weight is 317 g/mol. The first kappa shape index (κ1) is 16.5. The van der Waals surface area contributed by atoms with Crippen molar-refractivity contribution in [3.8, 4) is 5.69 Å². The number of fused-ring (bicyclic) bond motifs is 1. The van der Waals surface area contributed by atoms with Crippen LogP contribution in [0, 0.1) is 6.92 Å². The third kappa shape index (κ3) is 3.68. The molecule has 0 spiro atoms. The molecule has 0 radical (unpaired) electrons. The predicted octanol–water partition coefficient (Wildman–Crippen LogP) is 1.30. The fourth-order valence-corrected chi connectivity index (χ4v) is 1.88. The van der Waals surface area contributed by atoms with E-state index in [0.717, 1.165) is 5.69 Å². The Morgan fingerprint density at radius 1 is 1.30 bits per heavy atom. The lowest BCUT2D eigenvalue weighted by Crippen LogP contribution is -2.07. The molecule has 3 aromatic rings. The van der Waals surface area contributed by atoms with Crippen molar-refractivity contribution in [2.24, 2.45) is 0 Å². The van der Waals surface area contributed by atoms with Gasteiger partial charge in [0.1, 0.15) is 11.5 Å². The van der Waals surface area contributed by atoms with Gasteiger partial charge in [0.05, 0.1) is 38.7 Å². The van der Waals surface area contributed by atoms with Crippen LogP contribution in [0.1, 0.15) is 26.1 Å². The quantitative estimate of drug-likeness (QED) is 0.668. The van der Waals surface area contributed by atoms with Crippen molar-refractivity contribution < 1.29 is 9.53 Å². The molecule has 9 heteroatoms. The lowest BCUT2D eigenvalue weighted by Gasteiger charge is -2.00. The minimum atomic E-state index is -0.276. The summed E-state index contributed by atoms with van der Waals surface area (Å²) in [5.41, 5.74) is 1.96. The Bertz CT molecular complexity index is 793. The van der Waals surface area contributed by atoms with E-state index in [9.17, 15) is 4.79 Å². The van der Waals surface area contributed by atoms with Gasteiger partial charge in [0.15, 0.2) is 11.2 Å². The molecule has 122 valence electrons. The molecule has 3 rings (SSSR count). The maximum atomic E-state index is 11.1. The average Bonchev–Trinajstić information content (AvgIpc) is 3.20. The van der Waals surface area contributed by atoms with E-state index in [4.69, 9.17) is 0 Å². The molecule has 0 saturated carbocycles. The Morgan fingerprint density at radius 2 is 2.09 bits per heavy atom. The summed E-state index contributed by atoms with van der Waals surface area (Å²) in [5.74, 6) is 0.366. The third-order valence-corrected chi connectivity index (χ3v) is 2.95. The van der Waals surface area contributed by atoms with E-state index in [2.05, 4.69) is 30.1 Å². The minimum Gasteiger partial charge on any atom is -0.469 e. The van der Waals surface area contributed by atoms with Gasteiger partial charge in [0, 0.05) is 0 Å². The molecule has 0 amide bonds. The first-order valence-electron chi connectivity index (χ1n) is 7.32. The standard InChI is InChI=1S/C12H13N7O2.C2H6/c1-8-13-6-10-12(15-8)19(17-16-10)9-5-14-18(7-9)4-3-11(20)21-2;1-2/h5-7H,3-4H2,1-2H3;1-2H3. The zero-order chi connectivity index (χ0) is 16.8. The van der Waals surface area contributed by atoms with Crippen molar-refractivity contribution >= 4 is 17.1 Å². The Labute approximate surface area is 133 Å². The summed E-state index contributed by atoms with van der Waals surface area (Å²) in [4.78, 5) is 19.5. The number of ether oxygens (including phenoxy) is 1. The first-order chi connectivity index (χ1) is 11.2. The molecule has 0 aliphatic carbocycles. The summed E-state index contributed by atoms with van der Waals surface area (Å²) in [6.07, 6.45) is 5.30. The number of hydrogen-bond acceptors (Lipinski definition) is 7. The fourth-order valence-electron chi connectivity index (χ4n) is 1.88. The highest BCUT2D eigenvalue weighted by molar-refractivity contribution is 5.70. The van der Waals surface area contributed by atoms with Gasteiger partial charge in [-0.2, -0.15) is 9.78 Å². The molecule has 0 aliphatic rings. The van der Waals surface area contributed by atoms with E-state index >= 15 is 0 Å². The van der Waals surface area contributed by atoms with Crippen LogP contribution in [-0.2, 0) is 16.1 Å². The summed E-state index contributed by atoms with van der Waals surface area (Å²) < 4.78 is 7.83. The highest BCUT2D eigenvalue weighted by Gasteiger charge is 2.11. The number of aryl methyl sites for hydroxylation is 2. The molecule has 0 saturated heterocycles. The van der Waals surface area contributed by atoms with Crippen molar-refractivity contribution in [2.45, 2.75) is 33.7 Å². The molecule has 0 aromatic carbocycles. The van der Waals surface area contributed by atoms with Crippen LogP contribution < -0.4 is 0 Å². The van der Waals surface area contributed by atoms with E-state index in [1.165, 1.54) is 7.11 Å². The van der Waals surface area contributed by atoms with Crippen LogP contribution in [0.25, 0.3) is 16.9 Å². The molecule has 0 N–H and O–H groups in total. The summed E-state index contributed by atoms with van der Waals surface area (Å²) in [5, 5.41) is 12.2. The van der Waals surface area contributed by atoms with Gasteiger partial charge in [0.2, 0.25) is 0 Å². The largest absolute Gasteiger partial charge is 0.469 e. The van der Waals surface area contributed by atoms with Crippen LogP contribution in [0.15, 0.2) is 18.6 Å². The van der Waals surface area contributed by atoms with Gasteiger partial charge in [-0.3, -0.25) is 9.48 Å². The predicted molar refractivity (Wildman–Crippen MR) is 83.0 cm³/mol. The van der Waals surface area contributed by atoms with Crippen LogP contribution in [0.2, 0.25) is 0 Å². The highest BCUT2D eigenvalue weighted by atomic mass is 16.5. The van der Waals surface area contributed by atoms with Crippen molar-refractivity contribution in [3.63, 3.8) is 0 Å². The normalized spacial score (nSPS) is 10.3.